The van der Waals surface area contributed by atoms with Gasteiger partial charge in [-0.15, -0.1) is 0 Å². The molecule has 6 aromatic rings. The number of rotatable bonds is 16. The number of hydrogen-bond acceptors (Lipinski definition) is 9. The number of aromatic hydroxyl groups is 1. The average molecular weight is 914 g/mol. The summed E-state index contributed by atoms with van der Waals surface area (Å²) in [6, 6.07) is 35.5. The zero-order valence-corrected chi connectivity index (χ0v) is 39.7. The lowest BCUT2D eigenvalue weighted by molar-refractivity contribution is -0.155. The first-order valence-corrected chi connectivity index (χ1v) is 24.6. The molecule has 0 radical (unpaired) electrons. The zero-order chi connectivity index (χ0) is 48.0. The molecule has 1 aromatic heterocycles. The normalized spacial score (nSPS) is 13.3. The van der Waals surface area contributed by atoms with E-state index in [0.717, 1.165) is 16.7 Å². The summed E-state index contributed by atoms with van der Waals surface area (Å²) in [5, 5.41) is 35.1. The van der Waals surface area contributed by atoms with Gasteiger partial charge >= 0.3 is 12.1 Å². The van der Waals surface area contributed by atoms with Crippen LogP contribution in [0, 0.1) is 0 Å². The number of aliphatic hydroxyl groups is 1. The van der Waals surface area contributed by atoms with E-state index in [9.17, 15) is 34.5 Å². The summed E-state index contributed by atoms with van der Waals surface area (Å²) in [5.41, 5.74) is 1.03. The molecule has 6 rings (SSSR count). The summed E-state index contributed by atoms with van der Waals surface area (Å²) < 4.78 is 18.9. The van der Waals surface area contributed by atoms with Gasteiger partial charge in [-0.2, -0.15) is 0 Å². The maximum absolute atomic E-state index is 14.0. The molecule has 2 amide bonds. The summed E-state index contributed by atoms with van der Waals surface area (Å²) in [7, 11) is -2.48. The zero-order valence-electron chi connectivity index (χ0n) is 38.7. The van der Waals surface area contributed by atoms with Gasteiger partial charge in [0.25, 0.3) is 5.91 Å². The van der Waals surface area contributed by atoms with Gasteiger partial charge in [0.2, 0.25) is 11.2 Å². The van der Waals surface area contributed by atoms with Gasteiger partial charge < -0.3 is 44.4 Å². The molecule has 2 atom stereocenters. The second kappa shape index (κ2) is 19.8. The third-order valence-electron chi connectivity index (χ3n) is 11.8. The quantitative estimate of drug-likeness (QED) is 0.0585. The van der Waals surface area contributed by atoms with Crippen LogP contribution in [0.4, 0.5) is 4.79 Å². The molecular formula is C52H59N3O10Si. The SMILES string of the molecule is CC(C)(C)OC(=O)N(Cc1ccc(C(=O)NCc2ccc(COc3ccc(C(O)(C(=O)O)c4ccccc4)cc3)cc2)cc1)C[C@H](O[Si](C)(C)C(C)(C)C)c1ccc(O)c2[nH]c(=O)ccc12. The van der Waals surface area contributed by atoms with Crippen molar-refractivity contribution in [1.29, 1.82) is 0 Å². The van der Waals surface area contributed by atoms with Gasteiger partial charge in [-0.25, -0.2) is 9.59 Å². The number of phenols is 1. The molecule has 1 unspecified atom stereocenters. The minimum absolute atomic E-state index is 0.0764. The number of carboxylic acids is 1. The standard InChI is InChI=1S/C52H59N3O10Si/c1-50(2,3)64-49(61)55(32-44(65-66(7,8)51(4,5)6)41-26-28-43(56)46-42(41)27-29-45(57)54-46)31-35-18-20-37(21-19-35)47(58)53-30-34-14-16-36(17-15-34)33-63-40-24-22-39(23-25-40)52(62,48(59)60)38-12-10-9-11-13-38/h9-29,44,56,62H,30-33H2,1-8H3,(H,53,58)(H,54,57)(H,59,60)/t44-,52?/m0/s1. The molecule has 66 heavy (non-hydrogen) atoms. The number of ether oxygens (including phenoxy) is 2. The largest absolute Gasteiger partial charge is 0.506 e. The maximum atomic E-state index is 14.0. The van der Waals surface area contributed by atoms with Gasteiger partial charge in [0.05, 0.1) is 18.2 Å². The molecule has 14 heteroatoms. The molecule has 0 bridgehead atoms. The minimum atomic E-state index is -2.48. The number of hydrogen-bond donors (Lipinski definition) is 5. The molecule has 5 aromatic carbocycles. The van der Waals surface area contributed by atoms with E-state index in [1.54, 1.807) is 105 Å². The number of fused-ring (bicyclic) bond motifs is 1. The van der Waals surface area contributed by atoms with Crippen molar-refractivity contribution < 1.29 is 43.6 Å². The molecule has 0 fully saturated rings. The Hall–Kier alpha value is -6.74. The number of carbonyl (C=O) groups is 3. The van der Waals surface area contributed by atoms with Crippen LogP contribution in [0.5, 0.6) is 11.5 Å². The number of amides is 2. The summed E-state index contributed by atoms with van der Waals surface area (Å²) in [4.78, 5) is 56.0. The predicted molar refractivity (Wildman–Crippen MR) is 256 cm³/mol. The highest BCUT2D eigenvalue weighted by Crippen LogP contribution is 2.42. The van der Waals surface area contributed by atoms with Crippen molar-refractivity contribution in [2.45, 2.75) is 96.7 Å². The van der Waals surface area contributed by atoms with Crippen molar-refractivity contribution in [3.63, 3.8) is 0 Å². The van der Waals surface area contributed by atoms with Crippen molar-refractivity contribution in [1.82, 2.24) is 15.2 Å². The Labute approximate surface area is 386 Å². The number of aromatic nitrogens is 1. The monoisotopic (exact) mass is 913 g/mol. The molecule has 13 nitrogen and oxygen atoms in total. The van der Waals surface area contributed by atoms with E-state index in [1.165, 1.54) is 24.3 Å². The first-order valence-electron chi connectivity index (χ1n) is 21.7. The molecular weight excluding hydrogens is 855 g/mol. The Kier molecular flexibility index (Phi) is 14.6. The van der Waals surface area contributed by atoms with E-state index in [-0.39, 0.29) is 65.1 Å². The highest BCUT2D eigenvalue weighted by atomic mass is 28.4. The van der Waals surface area contributed by atoms with Gasteiger partial charge in [-0.05, 0) is 109 Å². The van der Waals surface area contributed by atoms with Crippen LogP contribution in [0.1, 0.15) is 91.4 Å². The van der Waals surface area contributed by atoms with Crippen LogP contribution in [0.2, 0.25) is 18.1 Å². The van der Waals surface area contributed by atoms with Gasteiger partial charge in [0.1, 0.15) is 23.7 Å². The summed E-state index contributed by atoms with van der Waals surface area (Å²) in [6.07, 6.45) is -1.21. The average Bonchev–Trinajstić information content (AvgIpc) is 3.27. The first kappa shape index (κ1) is 48.7. The van der Waals surface area contributed by atoms with Crippen molar-refractivity contribution in [2.75, 3.05) is 6.54 Å². The molecule has 0 aliphatic rings. The van der Waals surface area contributed by atoms with E-state index >= 15 is 0 Å². The minimum Gasteiger partial charge on any atom is -0.506 e. The Morgan fingerprint density at radius 1 is 0.758 bits per heavy atom. The number of carbonyl (C=O) groups excluding carboxylic acids is 2. The number of aliphatic carboxylic acids is 1. The van der Waals surface area contributed by atoms with E-state index in [1.807, 2.05) is 24.3 Å². The highest BCUT2D eigenvalue weighted by Gasteiger charge is 2.42. The van der Waals surface area contributed by atoms with Crippen LogP contribution in [-0.2, 0) is 39.3 Å². The molecule has 1 heterocycles. The van der Waals surface area contributed by atoms with Crippen LogP contribution in [0.3, 0.4) is 0 Å². The Morgan fingerprint density at radius 2 is 1.36 bits per heavy atom. The predicted octanol–water partition coefficient (Wildman–Crippen LogP) is 9.56. The van der Waals surface area contributed by atoms with Crippen molar-refractivity contribution in [3.05, 3.63) is 177 Å². The second-order valence-corrected chi connectivity index (χ2v) is 23.7. The van der Waals surface area contributed by atoms with Crippen molar-refractivity contribution in [2.24, 2.45) is 0 Å². The Morgan fingerprint density at radius 3 is 1.97 bits per heavy atom. The molecule has 0 aliphatic heterocycles. The van der Waals surface area contributed by atoms with Crippen LogP contribution in [-0.4, -0.2) is 63.6 Å². The van der Waals surface area contributed by atoms with E-state index in [0.29, 0.717) is 22.3 Å². The maximum Gasteiger partial charge on any atom is 0.410 e. The van der Waals surface area contributed by atoms with Crippen molar-refractivity contribution >= 4 is 37.2 Å². The number of phenolic OH excluding ortho intramolecular Hbond substituents is 1. The van der Waals surface area contributed by atoms with Gasteiger partial charge in [0, 0.05) is 30.1 Å². The summed E-state index contributed by atoms with van der Waals surface area (Å²) in [6.45, 7) is 16.8. The van der Waals surface area contributed by atoms with Crippen LogP contribution in [0.15, 0.2) is 132 Å². The molecule has 346 valence electrons. The molecule has 0 saturated heterocycles. The van der Waals surface area contributed by atoms with Crippen molar-refractivity contribution in [3.8, 4) is 11.5 Å². The number of benzene rings is 5. The third kappa shape index (κ3) is 11.7. The lowest BCUT2D eigenvalue weighted by Crippen LogP contribution is -2.45. The molecule has 0 aliphatic carbocycles. The number of carboxylic acid groups (broad SMARTS) is 1. The molecule has 0 spiro atoms. The van der Waals surface area contributed by atoms with Crippen LogP contribution < -0.4 is 15.6 Å². The smallest absolute Gasteiger partial charge is 0.410 e. The fraction of sp³-hybridized carbons (Fsp3) is 0.308. The van der Waals surface area contributed by atoms with E-state index in [4.69, 9.17) is 13.9 Å². The van der Waals surface area contributed by atoms with Gasteiger partial charge in [0.15, 0.2) is 8.32 Å². The summed E-state index contributed by atoms with van der Waals surface area (Å²) in [5.74, 6) is -1.23. The number of aromatic amines is 1. The second-order valence-electron chi connectivity index (χ2n) is 18.9. The fourth-order valence-corrected chi connectivity index (χ4v) is 8.34. The number of pyridine rings is 1. The van der Waals surface area contributed by atoms with Crippen LogP contribution >= 0.6 is 0 Å². The Bertz CT molecular complexity index is 2710. The topological polar surface area (TPSA) is 188 Å². The van der Waals surface area contributed by atoms with E-state index < -0.39 is 37.7 Å². The van der Waals surface area contributed by atoms with Gasteiger partial charge in [-0.3, -0.25) is 9.59 Å². The Balaban J connectivity index is 1.10. The first-order chi connectivity index (χ1) is 31.0. The highest BCUT2D eigenvalue weighted by molar-refractivity contribution is 6.74. The fourth-order valence-electron chi connectivity index (χ4n) is 7.07. The lowest BCUT2D eigenvalue weighted by Gasteiger charge is -2.41. The number of nitrogens with zero attached hydrogens (tertiary/aromatic N) is 1. The number of nitrogens with one attached hydrogen (secondary N) is 2. The van der Waals surface area contributed by atoms with Gasteiger partial charge in [-0.1, -0.05) is 106 Å². The lowest BCUT2D eigenvalue weighted by atomic mass is 9.86. The third-order valence-corrected chi connectivity index (χ3v) is 16.3. The number of H-pyrrole nitrogens is 1. The molecule has 0 saturated carbocycles. The van der Waals surface area contributed by atoms with Crippen LogP contribution in [0.25, 0.3) is 10.9 Å². The molecule has 5 N–H and O–H groups in total. The summed E-state index contributed by atoms with van der Waals surface area (Å²) >= 11 is 0. The van der Waals surface area contributed by atoms with E-state index in [2.05, 4.69) is 44.2 Å².